The van der Waals surface area contributed by atoms with Gasteiger partial charge in [0.05, 0.1) is 5.41 Å². The molecule has 0 bridgehead atoms. The van der Waals surface area contributed by atoms with Gasteiger partial charge in [0, 0.05) is 18.7 Å². The Morgan fingerprint density at radius 2 is 2.05 bits per heavy atom. The molecule has 1 amide bonds. The molecule has 3 rings (SSSR count). The summed E-state index contributed by atoms with van der Waals surface area (Å²) in [7, 11) is 0. The number of fused-ring (bicyclic) bond motifs is 2. The van der Waals surface area contributed by atoms with Crippen molar-refractivity contribution in [1.29, 1.82) is 0 Å². The first-order valence-corrected chi connectivity index (χ1v) is 6.81. The van der Waals surface area contributed by atoms with E-state index in [4.69, 9.17) is 0 Å². The Balaban J connectivity index is 2.18. The summed E-state index contributed by atoms with van der Waals surface area (Å²) in [5.74, 6) is 0.0664. The molecule has 0 saturated carbocycles. The molecule has 1 atom stereocenters. The molecule has 1 aromatic rings. The van der Waals surface area contributed by atoms with E-state index in [2.05, 4.69) is 6.58 Å². The lowest BCUT2D eigenvalue weighted by atomic mass is 9.70. The van der Waals surface area contributed by atoms with E-state index in [9.17, 15) is 9.59 Å². The van der Waals surface area contributed by atoms with Gasteiger partial charge in [-0.25, -0.2) is 0 Å². The van der Waals surface area contributed by atoms with Gasteiger partial charge in [0.1, 0.15) is 0 Å². The zero-order chi connectivity index (χ0) is 14.3. The maximum absolute atomic E-state index is 12.9. The third-order valence-electron chi connectivity index (χ3n) is 4.14. The van der Waals surface area contributed by atoms with E-state index in [-0.39, 0.29) is 18.1 Å². The Hall–Kier alpha value is -2.16. The normalized spacial score (nSPS) is 24.9. The van der Waals surface area contributed by atoms with Crippen LogP contribution in [0.15, 0.2) is 48.6 Å². The summed E-state index contributed by atoms with van der Waals surface area (Å²) in [5.41, 5.74) is 2.17. The average molecular weight is 267 g/mol. The van der Waals surface area contributed by atoms with Crippen molar-refractivity contribution < 1.29 is 9.59 Å². The van der Waals surface area contributed by atoms with Crippen LogP contribution in [0, 0.1) is 0 Å². The number of para-hydroxylation sites is 1. The molecule has 20 heavy (non-hydrogen) atoms. The molecule has 1 aliphatic carbocycles. The summed E-state index contributed by atoms with van der Waals surface area (Å²) >= 11 is 0. The fourth-order valence-electron chi connectivity index (χ4n) is 3.46. The van der Waals surface area contributed by atoms with Gasteiger partial charge in [-0.1, -0.05) is 29.8 Å². The summed E-state index contributed by atoms with van der Waals surface area (Å²) in [6, 6.07) is 7.78. The van der Waals surface area contributed by atoms with Crippen LogP contribution in [0.3, 0.4) is 0 Å². The van der Waals surface area contributed by atoms with Gasteiger partial charge < -0.3 is 4.90 Å². The van der Waals surface area contributed by atoms with Crippen molar-refractivity contribution in [3.05, 3.63) is 54.1 Å². The van der Waals surface area contributed by atoms with Crippen LogP contribution in [0.5, 0.6) is 0 Å². The second-order valence-electron chi connectivity index (χ2n) is 5.61. The summed E-state index contributed by atoms with van der Waals surface area (Å²) in [4.78, 5) is 26.7. The minimum absolute atomic E-state index is 0.0272. The molecule has 0 N–H and O–H groups in total. The monoisotopic (exact) mass is 267 g/mol. The first kappa shape index (κ1) is 12.9. The number of nitrogens with zero attached hydrogens (tertiary/aromatic N) is 1. The lowest BCUT2D eigenvalue weighted by molar-refractivity contribution is -0.127. The lowest BCUT2D eigenvalue weighted by Gasteiger charge is -2.31. The highest BCUT2D eigenvalue weighted by Crippen LogP contribution is 2.49. The third kappa shape index (κ3) is 1.66. The first-order chi connectivity index (χ1) is 9.58. The standard InChI is InChI=1S/C17H17NO2/c1-3-8-18-15-7-5-4-6-14(15)17(16(18)20)10-12(2)9-13(19)11-17/h3-7,9H,1,8,10-11H2,2H3/t17-/m0/s1. The Morgan fingerprint density at radius 1 is 1.30 bits per heavy atom. The van der Waals surface area contributed by atoms with E-state index < -0.39 is 5.41 Å². The predicted octanol–water partition coefficient (Wildman–Crippen LogP) is 2.77. The number of amides is 1. The van der Waals surface area contributed by atoms with Gasteiger partial charge in [-0.2, -0.15) is 0 Å². The zero-order valence-corrected chi connectivity index (χ0v) is 11.6. The zero-order valence-electron chi connectivity index (χ0n) is 11.6. The van der Waals surface area contributed by atoms with Gasteiger partial charge in [0.25, 0.3) is 0 Å². The van der Waals surface area contributed by atoms with Crippen LogP contribution in [-0.4, -0.2) is 18.2 Å². The molecule has 0 aromatic heterocycles. The minimum atomic E-state index is -0.699. The molecule has 0 radical (unpaired) electrons. The molecular weight excluding hydrogens is 250 g/mol. The summed E-state index contributed by atoms with van der Waals surface area (Å²) in [5, 5.41) is 0. The molecule has 1 aliphatic heterocycles. The molecule has 2 aliphatic rings. The topological polar surface area (TPSA) is 37.4 Å². The largest absolute Gasteiger partial charge is 0.308 e. The Labute approximate surface area is 118 Å². The third-order valence-corrected chi connectivity index (χ3v) is 4.14. The highest BCUT2D eigenvalue weighted by Gasteiger charge is 2.52. The maximum Gasteiger partial charge on any atom is 0.238 e. The Morgan fingerprint density at radius 3 is 2.75 bits per heavy atom. The molecule has 3 heteroatoms. The maximum atomic E-state index is 12.9. The fraction of sp³-hybridized carbons (Fsp3) is 0.294. The van der Waals surface area contributed by atoms with Gasteiger partial charge >= 0.3 is 0 Å². The molecule has 3 nitrogen and oxygen atoms in total. The van der Waals surface area contributed by atoms with E-state index in [0.717, 1.165) is 16.8 Å². The van der Waals surface area contributed by atoms with Crippen LogP contribution in [0.1, 0.15) is 25.3 Å². The highest BCUT2D eigenvalue weighted by atomic mass is 16.2. The molecule has 1 aromatic carbocycles. The number of allylic oxidation sites excluding steroid dienone is 2. The van der Waals surface area contributed by atoms with Crippen LogP contribution in [0.25, 0.3) is 0 Å². The number of hydrogen-bond acceptors (Lipinski definition) is 2. The molecular formula is C17H17NO2. The predicted molar refractivity (Wildman–Crippen MR) is 78.7 cm³/mol. The van der Waals surface area contributed by atoms with E-state index in [0.29, 0.717) is 13.0 Å². The molecule has 0 fully saturated rings. The van der Waals surface area contributed by atoms with Crippen LogP contribution in [0.2, 0.25) is 0 Å². The van der Waals surface area contributed by atoms with E-state index in [1.165, 1.54) is 0 Å². The minimum Gasteiger partial charge on any atom is -0.308 e. The quantitative estimate of drug-likeness (QED) is 0.773. The van der Waals surface area contributed by atoms with E-state index >= 15 is 0 Å². The number of ketones is 1. The SMILES string of the molecule is C=CCN1C(=O)[C@@]2(CC(=O)C=C(C)C2)c2ccccc21. The summed E-state index contributed by atoms with van der Waals surface area (Å²) < 4.78 is 0. The Bertz CT molecular complexity index is 644. The van der Waals surface area contributed by atoms with Gasteiger partial charge in [-0.15, -0.1) is 6.58 Å². The molecule has 1 heterocycles. The number of carbonyl (C=O) groups excluding carboxylic acids is 2. The van der Waals surface area contributed by atoms with E-state index in [1.54, 1.807) is 17.1 Å². The molecule has 102 valence electrons. The summed E-state index contributed by atoms with van der Waals surface area (Å²) in [6.45, 7) is 6.12. The Kier molecular flexibility index (Phi) is 2.85. The van der Waals surface area contributed by atoms with Crippen LogP contribution < -0.4 is 4.90 Å². The van der Waals surface area contributed by atoms with Gasteiger partial charge in [-0.3, -0.25) is 9.59 Å². The number of benzene rings is 1. The van der Waals surface area contributed by atoms with Gasteiger partial charge in [-0.05, 0) is 31.1 Å². The first-order valence-electron chi connectivity index (χ1n) is 6.81. The number of anilines is 1. The lowest BCUT2D eigenvalue weighted by Crippen LogP contribution is -2.43. The highest BCUT2D eigenvalue weighted by molar-refractivity contribution is 6.12. The van der Waals surface area contributed by atoms with Crippen molar-refractivity contribution in [2.75, 3.05) is 11.4 Å². The molecule has 1 spiro atoms. The van der Waals surface area contributed by atoms with Crippen LogP contribution in [0.4, 0.5) is 5.69 Å². The molecule has 0 saturated heterocycles. The second-order valence-corrected chi connectivity index (χ2v) is 5.61. The number of hydrogen-bond donors (Lipinski definition) is 0. The number of carbonyl (C=O) groups is 2. The summed E-state index contributed by atoms with van der Waals surface area (Å²) in [6.07, 6.45) is 4.29. The van der Waals surface area contributed by atoms with Crippen molar-refractivity contribution in [3.63, 3.8) is 0 Å². The molecule has 0 unspecified atom stereocenters. The van der Waals surface area contributed by atoms with Crippen molar-refractivity contribution in [1.82, 2.24) is 0 Å². The smallest absolute Gasteiger partial charge is 0.238 e. The van der Waals surface area contributed by atoms with Crippen molar-refractivity contribution in [2.24, 2.45) is 0 Å². The van der Waals surface area contributed by atoms with Gasteiger partial charge in [0.2, 0.25) is 5.91 Å². The van der Waals surface area contributed by atoms with Crippen LogP contribution >= 0.6 is 0 Å². The van der Waals surface area contributed by atoms with Gasteiger partial charge in [0.15, 0.2) is 5.78 Å². The average Bonchev–Trinajstić information content (AvgIpc) is 2.62. The number of rotatable bonds is 2. The van der Waals surface area contributed by atoms with Crippen molar-refractivity contribution in [3.8, 4) is 0 Å². The van der Waals surface area contributed by atoms with Crippen LogP contribution in [-0.2, 0) is 15.0 Å². The van der Waals surface area contributed by atoms with Crippen molar-refractivity contribution in [2.45, 2.75) is 25.2 Å². The van der Waals surface area contributed by atoms with E-state index in [1.807, 2.05) is 31.2 Å². The second kappa shape index (κ2) is 4.44. The fourth-order valence-corrected chi connectivity index (χ4v) is 3.46. The van der Waals surface area contributed by atoms with Crippen molar-refractivity contribution >= 4 is 17.4 Å².